The fourth-order valence-corrected chi connectivity index (χ4v) is 4.83. The second-order valence-electron chi connectivity index (χ2n) is 7.70. The first-order chi connectivity index (χ1) is 12.5. The van der Waals surface area contributed by atoms with Crippen molar-refractivity contribution in [1.82, 2.24) is 14.8 Å². The number of aromatic nitrogens is 1. The van der Waals surface area contributed by atoms with Crippen LogP contribution < -0.4 is 5.73 Å². The second-order valence-corrected chi connectivity index (χ2v) is 8.64. The standard InChI is InChI=1S/C19H32N4O2S.2ClH/c1-14-18(26-13-21-14)5-8-22(2)19(24)15-3-4-16(20)12-23(11-15)17-6-9-25-10-7-17;;/h13,15-17H,3-12,20H2,1-2H3;2*1H/t15-,16+;;/m1../s1. The Morgan fingerprint density at radius 2 is 2.00 bits per heavy atom. The summed E-state index contributed by atoms with van der Waals surface area (Å²) in [5.74, 6) is 0.317. The number of likely N-dealkylation sites (tertiary alicyclic amines) is 1. The number of nitrogens with zero attached hydrogens (tertiary/aromatic N) is 3. The minimum Gasteiger partial charge on any atom is -0.381 e. The van der Waals surface area contributed by atoms with Gasteiger partial charge in [0.1, 0.15) is 0 Å². The van der Waals surface area contributed by atoms with Crippen LogP contribution in [0, 0.1) is 12.8 Å². The Hall–Kier alpha value is -0.440. The Labute approximate surface area is 185 Å². The number of rotatable bonds is 5. The first-order valence-corrected chi connectivity index (χ1v) is 10.6. The minimum atomic E-state index is 0. The van der Waals surface area contributed by atoms with Gasteiger partial charge in [-0.3, -0.25) is 9.69 Å². The molecule has 1 aromatic rings. The van der Waals surface area contributed by atoms with Crippen molar-refractivity contribution < 1.29 is 9.53 Å². The maximum atomic E-state index is 13.1. The van der Waals surface area contributed by atoms with Crippen LogP contribution in [0.25, 0.3) is 0 Å². The summed E-state index contributed by atoms with van der Waals surface area (Å²) in [6, 6.07) is 0.675. The van der Waals surface area contributed by atoms with Gasteiger partial charge in [0, 0.05) is 63.3 Å². The SMILES string of the molecule is Cc1ncsc1CCN(C)C(=O)[C@@H]1CC[C@H](N)CN(C2CCOCC2)C1.Cl.Cl. The smallest absolute Gasteiger partial charge is 0.226 e. The van der Waals surface area contributed by atoms with Crippen LogP contribution in [-0.4, -0.2) is 72.7 Å². The summed E-state index contributed by atoms with van der Waals surface area (Å²) in [7, 11) is 1.93. The minimum absolute atomic E-state index is 0. The third-order valence-corrected chi connectivity index (χ3v) is 6.76. The molecule has 1 aromatic heterocycles. The molecule has 162 valence electrons. The van der Waals surface area contributed by atoms with Gasteiger partial charge >= 0.3 is 0 Å². The molecule has 2 saturated heterocycles. The van der Waals surface area contributed by atoms with Crippen LogP contribution >= 0.6 is 36.2 Å². The van der Waals surface area contributed by atoms with Gasteiger partial charge in [0.25, 0.3) is 0 Å². The predicted octanol–water partition coefficient (Wildman–Crippen LogP) is 2.51. The molecule has 0 spiro atoms. The highest BCUT2D eigenvalue weighted by Crippen LogP contribution is 2.24. The van der Waals surface area contributed by atoms with E-state index in [4.69, 9.17) is 10.5 Å². The summed E-state index contributed by atoms with van der Waals surface area (Å²) in [5.41, 5.74) is 9.27. The summed E-state index contributed by atoms with van der Waals surface area (Å²) >= 11 is 1.68. The Morgan fingerprint density at radius 3 is 2.64 bits per heavy atom. The third kappa shape index (κ3) is 6.82. The molecule has 2 fully saturated rings. The number of amides is 1. The summed E-state index contributed by atoms with van der Waals surface area (Å²) in [4.78, 5) is 23.0. The van der Waals surface area contributed by atoms with Crippen LogP contribution in [0.2, 0.25) is 0 Å². The van der Waals surface area contributed by atoms with Gasteiger partial charge in [-0.15, -0.1) is 36.2 Å². The van der Waals surface area contributed by atoms with Crippen molar-refractivity contribution in [3.63, 3.8) is 0 Å². The third-order valence-electron chi connectivity index (χ3n) is 5.76. The second kappa shape index (κ2) is 12.3. The van der Waals surface area contributed by atoms with Gasteiger partial charge in [0.05, 0.1) is 17.1 Å². The number of likely N-dealkylation sites (N-methyl/N-ethyl adjacent to an activating group) is 1. The average Bonchev–Trinajstić information content (AvgIpc) is 2.96. The van der Waals surface area contributed by atoms with Gasteiger partial charge in [-0.05, 0) is 32.6 Å². The van der Waals surface area contributed by atoms with Crippen molar-refractivity contribution >= 4 is 42.1 Å². The molecule has 3 rings (SSSR count). The number of hydrogen-bond donors (Lipinski definition) is 1. The van der Waals surface area contributed by atoms with E-state index in [2.05, 4.69) is 9.88 Å². The normalized spacial score (nSPS) is 24.0. The first kappa shape index (κ1) is 25.6. The highest BCUT2D eigenvalue weighted by Gasteiger charge is 2.32. The molecule has 0 saturated carbocycles. The lowest BCUT2D eigenvalue weighted by atomic mass is 9.99. The van der Waals surface area contributed by atoms with E-state index in [1.54, 1.807) is 11.3 Å². The van der Waals surface area contributed by atoms with Crippen LogP contribution in [0.1, 0.15) is 36.3 Å². The van der Waals surface area contributed by atoms with E-state index in [1.807, 2.05) is 24.4 Å². The molecule has 1 amide bonds. The largest absolute Gasteiger partial charge is 0.381 e. The summed E-state index contributed by atoms with van der Waals surface area (Å²) in [6.07, 6.45) is 4.80. The molecule has 0 radical (unpaired) electrons. The Morgan fingerprint density at radius 1 is 1.29 bits per heavy atom. The van der Waals surface area contributed by atoms with Gasteiger partial charge in [-0.25, -0.2) is 4.98 Å². The molecule has 2 aliphatic rings. The van der Waals surface area contributed by atoms with Crippen LogP contribution in [0.3, 0.4) is 0 Å². The van der Waals surface area contributed by atoms with E-state index in [9.17, 15) is 4.79 Å². The number of nitrogens with two attached hydrogens (primary N) is 1. The van der Waals surface area contributed by atoms with Crippen molar-refractivity contribution in [1.29, 1.82) is 0 Å². The summed E-state index contributed by atoms with van der Waals surface area (Å²) in [5, 5.41) is 0. The maximum absolute atomic E-state index is 13.1. The molecule has 9 heteroatoms. The molecule has 2 atom stereocenters. The van der Waals surface area contributed by atoms with Crippen molar-refractivity contribution in [2.45, 2.75) is 51.1 Å². The number of halogens is 2. The summed E-state index contributed by atoms with van der Waals surface area (Å²) < 4.78 is 5.50. The van der Waals surface area contributed by atoms with Crippen LogP contribution in [0.5, 0.6) is 0 Å². The zero-order chi connectivity index (χ0) is 18.5. The molecule has 0 bridgehead atoms. The van der Waals surface area contributed by atoms with E-state index in [0.29, 0.717) is 6.04 Å². The van der Waals surface area contributed by atoms with Crippen LogP contribution in [0.15, 0.2) is 5.51 Å². The number of hydrogen-bond acceptors (Lipinski definition) is 6. The molecule has 28 heavy (non-hydrogen) atoms. The number of thiazole rings is 1. The lowest BCUT2D eigenvalue weighted by Crippen LogP contribution is -2.47. The highest BCUT2D eigenvalue weighted by molar-refractivity contribution is 7.09. The van der Waals surface area contributed by atoms with E-state index in [-0.39, 0.29) is 42.7 Å². The molecule has 0 aromatic carbocycles. The zero-order valence-electron chi connectivity index (χ0n) is 16.8. The molecule has 2 aliphatic heterocycles. The van der Waals surface area contributed by atoms with Crippen molar-refractivity contribution in [2.75, 3.05) is 39.9 Å². The molecule has 0 unspecified atom stereocenters. The zero-order valence-corrected chi connectivity index (χ0v) is 19.3. The fourth-order valence-electron chi connectivity index (χ4n) is 4.06. The maximum Gasteiger partial charge on any atom is 0.226 e. The first-order valence-electron chi connectivity index (χ1n) is 9.76. The van der Waals surface area contributed by atoms with Gasteiger partial charge in [-0.2, -0.15) is 0 Å². The predicted molar refractivity (Wildman–Crippen MR) is 119 cm³/mol. The number of ether oxygens (including phenoxy) is 1. The van der Waals surface area contributed by atoms with Gasteiger partial charge in [-0.1, -0.05) is 0 Å². The lowest BCUT2D eigenvalue weighted by molar-refractivity contribution is -0.135. The van der Waals surface area contributed by atoms with E-state index >= 15 is 0 Å². The van der Waals surface area contributed by atoms with Crippen LogP contribution in [0.4, 0.5) is 0 Å². The van der Waals surface area contributed by atoms with Crippen molar-refractivity contribution in [3.8, 4) is 0 Å². The Balaban J connectivity index is 0.00000196. The fraction of sp³-hybridized carbons (Fsp3) is 0.789. The number of carbonyl (C=O) groups excluding carboxylic acids is 1. The Kier molecular flexibility index (Phi) is 11.2. The topological polar surface area (TPSA) is 71.7 Å². The van der Waals surface area contributed by atoms with Crippen LogP contribution in [-0.2, 0) is 16.0 Å². The molecule has 0 aliphatic carbocycles. The molecule has 3 heterocycles. The molecular formula is C19H34Cl2N4O2S. The number of aryl methyl sites for hydroxylation is 1. The highest BCUT2D eigenvalue weighted by atomic mass is 35.5. The van der Waals surface area contributed by atoms with E-state index in [1.165, 1.54) is 4.88 Å². The molecule has 2 N–H and O–H groups in total. The average molecular weight is 453 g/mol. The summed E-state index contributed by atoms with van der Waals surface area (Å²) in [6.45, 7) is 6.17. The molecule has 6 nitrogen and oxygen atoms in total. The van der Waals surface area contributed by atoms with Gasteiger partial charge < -0.3 is 15.4 Å². The van der Waals surface area contributed by atoms with Gasteiger partial charge in [0.15, 0.2) is 0 Å². The van der Waals surface area contributed by atoms with Crippen molar-refractivity contribution in [3.05, 3.63) is 16.1 Å². The van der Waals surface area contributed by atoms with Gasteiger partial charge in [0.2, 0.25) is 5.91 Å². The van der Waals surface area contributed by atoms with Crippen molar-refractivity contribution in [2.24, 2.45) is 11.7 Å². The quantitative estimate of drug-likeness (QED) is 0.742. The number of carbonyl (C=O) groups is 1. The van der Waals surface area contributed by atoms with E-state index < -0.39 is 0 Å². The Bertz CT molecular complexity index is 598. The monoisotopic (exact) mass is 452 g/mol. The van der Waals surface area contributed by atoms with E-state index in [0.717, 1.165) is 70.6 Å². The molecular weight excluding hydrogens is 419 g/mol. The lowest BCUT2D eigenvalue weighted by Gasteiger charge is -2.36.